The number of amides is 2. The Labute approximate surface area is 424 Å². The van der Waals surface area contributed by atoms with E-state index in [1.807, 2.05) is 13.0 Å². The molecule has 4 atom stereocenters. The predicted octanol–water partition coefficient (Wildman–Crippen LogP) is 6.95. The lowest BCUT2D eigenvalue weighted by Crippen LogP contribution is -2.46. The van der Waals surface area contributed by atoms with Crippen molar-refractivity contribution in [3.63, 3.8) is 0 Å². The summed E-state index contributed by atoms with van der Waals surface area (Å²) in [6, 6.07) is 5.74. The molecular weight excluding hydrogens is 973 g/mol. The molecule has 4 unspecified atom stereocenters. The Morgan fingerprint density at radius 3 is 2.65 bits per heavy atom. The number of fused-ring (bicyclic) bond motifs is 1. The molecule has 19 nitrogen and oxygen atoms in total. The van der Waals surface area contributed by atoms with E-state index in [4.69, 9.17) is 29.2 Å². The maximum Gasteiger partial charge on any atom is 0.289 e. The van der Waals surface area contributed by atoms with Crippen LogP contribution in [-0.4, -0.2) is 116 Å². The number of nitrogen functional groups attached to an aromatic ring is 1. The molecule has 2 saturated heterocycles. The number of carbonyl (C=O) groups is 2. The number of amidine groups is 1. The minimum Gasteiger partial charge on any atom is -0.508 e. The molecule has 0 spiro atoms. The summed E-state index contributed by atoms with van der Waals surface area (Å²) in [4.78, 5) is 41.7. The maximum atomic E-state index is 15.6. The van der Waals surface area contributed by atoms with Gasteiger partial charge in [0.2, 0.25) is 24.0 Å². The Kier molecular flexibility index (Phi) is 17.6. The second-order valence-corrected chi connectivity index (χ2v) is 20.4. The molecule has 23 heteroatoms. The first-order chi connectivity index (χ1) is 34.6. The van der Waals surface area contributed by atoms with E-state index < -0.39 is 35.1 Å². The van der Waals surface area contributed by atoms with Gasteiger partial charge in [0.25, 0.3) is 11.9 Å². The molecule has 1 aromatic carbocycles. The Morgan fingerprint density at radius 2 is 1.96 bits per heavy atom. The Bertz CT molecular complexity index is 2760. The van der Waals surface area contributed by atoms with Crippen molar-refractivity contribution in [1.82, 2.24) is 40.7 Å². The van der Waals surface area contributed by atoms with E-state index in [2.05, 4.69) is 55.7 Å². The van der Waals surface area contributed by atoms with Crippen LogP contribution in [0.3, 0.4) is 0 Å². The van der Waals surface area contributed by atoms with Crippen LogP contribution in [0.15, 0.2) is 50.0 Å². The number of ether oxygens (including phenoxy) is 2. The number of hydrogen-bond donors (Lipinski definition) is 5. The third kappa shape index (κ3) is 12.6. The predicted molar refractivity (Wildman–Crippen MR) is 265 cm³/mol. The van der Waals surface area contributed by atoms with E-state index in [1.54, 1.807) is 30.5 Å². The van der Waals surface area contributed by atoms with Gasteiger partial charge in [0.15, 0.2) is 0 Å². The Hall–Kier alpha value is -6.48. The number of aliphatic hydroxyl groups is 1. The van der Waals surface area contributed by atoms with Crippen molar-refractivity contribution in [3.05, 3.63) is 86.5 Å². The van der Waals surface area contributed by atoms with Gasteiger partial charge in [-0.15, -0.1) is 22.7 Å². The molecular formula is C49H61F2N11O8S2. The second kappa shape index (κ2) is 23.8. The standard InChI is InChI=1S/C33H40FN9O6S.C13H13FN2O2S.C3H8/c1-32(6-2-3-24-27(32)22(17-35)28(36)50-24)30-39-29(41-49-30)23-4-9-37-31(38-23)46-14-13-42-11-7-33(34,8-12-42)19-47-25-15-21(48-40-25)16-26(45)43-10-5-20(44)18-43;1-7(15-5-17)9-3-11(14)10(4-12(9)18)13-8(2)16-6-19-13;1-3-2/h4,9,15,20,23,44H,2-3,5-8,10-14,16,18-19,36H2,1H3,(H,37,38);3-7,18H,1-2H3,(H,15,17);3H2,1-2H3. The Morgan fingerprint density at radius 1 is 1.18 bits per heavy atom. The first kappa shape index (κ1) is 53.3. The van der Waals surface area contributed by atoms with Crippen LogP contribution in [-0.2, 0) is 32.6 Å². The molecule has 2 amide bonds. The van der Waals surface area contributed by atoms with Crippen LogP contribution in [0.4, 0.5) is 13.8 Å². The van der Waals surface area contributed by atoms with Gasteiger partial charge in [-0.25, -0.2) is 18.8 Å². The number of nitrogens with two attached hydrogens (primary N) is 1. The largest absolute Gasteiger partial charge is 0.508 e. The lowest BCUT2D eigenvalue weighted by atomic mass is 9.72. The third-order valence-corrected chi connectivity index (χ3v) is 14.9. The molecule has 5 aromatic rings. The van der Waals surface area contributed by atoms with Gasteiger partial charge in [-0.05, 0) is 82.7 Å². The van der Waals surface area contributed by atoms with Gasteiger partial charge in [0.1, 0.15) is 53.3 Å². The van der Waals surface area contributed by atoms with Gasteiger partial charge in [-0.1, -0.05) is 25.4 Å². The van der Waals surface area contributed by atoms with Crippen LogP contribution in [0.1, 0.15) is 123 Å². The van der Waals surface area contributed by atoms with Gasteiger partial charge < -0.3 is 50.0 Å². The normalized spacial score (nSPS) is 20.6. The van der Waals surface area contributed by atoms with Gasteiger partial charge in [-0.2, -0.15) is 10.2 Å². The molecule has 4 aromatic heterocycles. The van der Waals surface area contributed by atoms with Crippen LogP contribution in [0.5, 0.6) is 11.6 Å². The number of benzene rings is 1. The fourth-order valence-corrected chi connectivity index (χ4v) is 10.9. The number of aromatic hydroxyl groups is 1. The van der Waals surface area contributed by atoms with Gasteiger partial charge >= 0.3 is 0 Å². The highest BCUT2D eigenvalue weighted by Gasteiger charge is 2.43. The number of phenols is 1. The van der Waals surface area contributed by atoms with Crippen LogP contribution < -0.4 is 21.1 Å². The fourth-order valence-electron chi connectivity index (χ4n) is 8.85. The number of anilines is 1. The number of β-amino-alcohol motifs (C(OH)–C–C–N with tert-alkyl or cyclic N) is 1. The van der Waals surface area contributed by atoms with E-state index in [0.717, 1.165) is 35.4 Å². The molecule has 9 rings (SSSR count). The number of phenolic OH excluding ortho intramolecular Hbond substituents is 1. The van der Waals surface area contributed by atoms with E-state index >= 15 is 4.39 Å². The number of rotatable bonds is 14. The quantitative estimate of drug-likeness (QED) is 0.0705. The maximum absolute atomic E-state index is 15.6. The summed E-state index contributed by atoms with van der Waals surface area (Å²) in [6.45, 7) is 12.4. The summed E-state index contributed by atoms with van der Waals surface area (Å²) in [5.41, 5.74) is 8.43. The molecule has 4 aliphatic rings. The molecule has 3 aliphatic heterocycles. The van der Waals surface area contributed by atoms with Crippen molar-refractivity contribution in [2.24, 2.45) is 4.99 Å². The van der Waals surface area contributed by atoms with E-state index in [9.17, 15) is 29.5 Å². The average Bonchev–Trinajstić information content (AvgIpc) is 4.23. The summed E-state index contributed by atoms with van der Waals surface area (Å²) in [6.07, 6.45) is 8.51. The van der Waals surface area contributed by atoms with E-state index in [-0.39, 0.29) is 43.4 Å². The topological polar surface area (TPSA) is 264 Å². The molecule has 386 valence electrons. The molecule has 0 radical (unpaired) electrons. The zero-order valence-corrected chi connectivity index (χ0v) is 42.6. The number of aromatic nitrogens is 4. The number of hydrogen-bond acceptors (Lipinski definition) is 19. The molecule has 1 aliphatic carbocycles. The van der Waals surface area contributed by atoms with Crippen molar-refractivity contribution < 1.29 is 47.1 Å². The summed E-state index contributed by atoms with van der Waals surface area (Å²) in [7, 11) is 0. The number of piperidine rings is 1. The Balaban J connectivity index is 0.000000288. The van der Waals surface area contributed by atoms with Crippen LogP contribution >= 0.6 is 22.7 Å². The van der Waals surface area contributed by atoms with Crippen LogP contribution in [0.25, 0.3) is 10.4 Å². The van der Waals surface area contributed by atoms with Crippen LogP contribution in [0, 0.1) is 24.1 Å². The van der Waals surface area contributed by atoms with Gasteiger partial charge in [-0.3, -0.25) is 14.5 Å². The molecule has 72 heavy (non-hydrogen) atoms. The highest BCUT2D eigenvalue weighted by Crippen LogP contribution is 2.48. The van der Waals surface area contributed by atoms with Gasteiger partial charge in [0, 0.05) is 66.6 Å². The highest BCUT2D eigenvalue weighted by molar-refractivity contribution is 7.16. The lowest BCUT2D eigenvalue weighted by Gasteiger charge is -2.35. The number of aliphatic hydroxyl groups excluding tert-OH is 1. The molecule has 2 fully saturated rings. The van der Waals surface area contributed by atoms with Crippen molar-refractivity contribution in [2.75, 3.05) is 51.7 Å². The van der Waals surface area contributed by atoms with E-state index in [0.29, 0.717) is 102 Å². The minimum absolute atomic E-state index is 0.00903. The first-order valence-corrected chi connectivity index (χ1v) is 25.7. The smallest absolute Gasteiger partial charge is 0.289 e. The van der Waals surface area contributed by atoms with E-state index in [1.165, 1.54) is 47.3 Å². The summed E-state index contributed by atoms with van der Waals surface area (Å²) < 4.78 is 52.2. The van der Waals surface area contributed by atoms with Gasteiger partial charge in [0.05, 0.1) is 45.6 Å². The fraction of sp³-hybridized carbons (Fsp3) is 0.510. The molecule has 7 heterocycles. The number of thiazole rings is 1. The zero-order valence-electron chi connectivity index (χ0n) is 41.0. The number of halogens is 2. The number of aliphatic imine (C=N–C) groups is 1. The van der Waals surface area contributed by atoms with Crippen molar-refractivity contribution >= 4 is 46.0 Å². The zero-order chi connectivity index (χ0) is 51.6. The molecule has 0 saturated carbocycles. The number of aryl methyl sites for hydroxylation is 2. The van der Waals surface area contributed by atoms with Crippen molar-refractivity contribution in [3.8, 4) is 28.1 Å². The number of nitriles is 1. The number of nitrogens with one attached hydrogen (secondary N) is 2. The van der Waals surface area contributed by atoms with Crippen molar-refractivity contribution in [1.29, 1.82) is 5.26 Å². The number of thiophene rings is 1. The average molecular weight is 1030 g/mol. The van der Waals surface area contributed by atoms with Crippen LogP contribution in [0.2, 0.25) is 0 Å². The number of likely N-dealkylation sites (tertiary alicyclic amines) is 2. The summed E-state index contributed by atoms with van der Waals surface area (Å²) >= 11 is 2.77. The third-order valence-electron chi connectivity index (χ3n) is 12.8. The number of alkyl halides is 1. The first-order valence-electron chi connectivity index (χ1n) is 24.0. The minimum atomic E-state index is -1.52. The number of nitrogens with zero attached hydrogens (tertiary/aromatic N) is 8. The molecule has 6 N–H and O–H groups in total. The molecule has 0 bridgehead atoms. The SMILES string of the molecule is CC1(c2nc(C3C=CNC(OCCN4CCC(F)(COc5cc(CC(=O)N6CCC(O)C6)on5)CC4)=N3)no2)CCCc2sc(N)c(C#N)c21.CCC.Cc1ncsc1-c1cc(O)c(C(C)NC=O)cc1F. The summed E-state index contributed by atoms with van der Waals surface area (Å²) in [5, 5.41) is 43.5. The highest BCUT2D eigenvalue weighted by atomic mass is 32.1. The van der Waals surface area contributed by atoms with Crippen molar-refractivity contribution in [2.45, 2.75) is 115 Å². The monoisotopic (exact) mass is 1030 g/mol. The second-order valence-electron chi connectivity index (χ2n) is 18.4. The number of carbonyl (C=O) groups excluding carboxylic acids is 2. The lowest BCUT2D eigenvalue weighted by molar-refractivity contribution is -0.130. The summed E-state index contributed by atoms with van der Waals surface area (Å²) in [5.74, 6) is 0.656.